The highest BCUT2D eigenvalue weighted by atomic mass is 16.4. The molecule has 3 N–H and O–H groups in total. The lowest BCUT2D eigenvalue weighted by molar-refractivity contribution is -0.129. The molecule has 0 aromatic heterocycles. The van der Waals surface area contributed by atoms with E-state index in [-0.39, 0.29) is 18.3 Å². The van der Waals surface area contributed by atoms with E-state index in [9.17, 15) is 4.79 Å². The van der Waals surface area contributed by atoms with Gasteiger partial charge in [-0.2, -0.15) is 0 Å². The summed E-state index contributed by atoms with van der Waals surface area (Å²) >= 11 is 0. The van der Waals surface area contributed by atoms with Crippen molar-refractivity contribution in [1.82, 2.24) is 4.90 Å². The van der Waals surface area contributed by atoms with E-state index in [4.69, 9.17) is 10.9 Å². The second-order valence-corrected chi connectivity index (χ2v) is 2.59. The minimum absolute atomic E-state index is 0.00380. The van der Waals surface area contributed by atoms with Gasteiger partial charge in [0.1, 0.15) is 0 Å². The third-order valence-corrected chi connectivity index (χ3v) is 1.42. The van der Waals surface area contributed by atoms with Crippen LogP contribution in [0.4, 0.5) is 0 Å². The van der Waals surface area contributed by atoms with Gasteiger partial charge in [0.25, 0.3) is 0 Å². The maximum Gasteiger partial charge on any atom is 0.222 e. The van der Waals surface area contributed by atoms with Gasteiger partial charge in [-0.1, -0.05) is 12.1 Å². The molecule has 0 radical (unpaired) electrons. The topological polar surface area (TPSA) is 78.9 Å². The highest BCUT2D eigenvalue weighted by Crippen LogP contribution is 1.93. The van der Waals surface area contributed by atoms with Crippen LogP contribution in [0, 0.1) is 0 Å². The van der Waals surface area contributed by atoms with Crippen LogP contribution < -0.4 is 5.73 Å². The number of hydrogen-bond acceptors (Lipinski definition) is 3. The molecule has 0 bridgehead atoms. The van der Waals surface area contributed by atoms with Gasteiger partial charge in [0.2, 0.25) is 5.91 Å². The van der Waals surface area contributed by atoms with E-state index in [2.05, 4.69) is 5.16 Å². The standard InChI is InChI=1S/C7H15N3O2/c1-3-4-7(11)10(2)5-6(8)9-12/h12H,3-5H2,1-2H3,(H2,8,9). The maximum absolute atomic E-state index is 11.1. The number of amides is 1. The van der Waals surface area contributed by atoms with Gasteiger partial charge >= 0.3 is 0 Å². The number of oxime groups is 1. The highest BCUT2D eigenvalue weighted by molar-refractivity contribution is 5.86. The maximum atomic E-state index is 11.1. The molecule has 0 unspecified atom stereocenters. The van der Waals surface area contributed by atoms with Crippen molar-refractivity contribution in [2.24, 2.45) is 10.9 Å². The lowest BCUT2D eigenvalue weighted by Gasteiger charge is -2.15. The normalized spacial score (nSPS) is 11.3. The van der Waals surface area contributed by atoms with E-state index in [0.717, 1.165) is 6.42 Å². The predicted molar refractivity (Wildman–Crippen MR) is 46.0 cm³/mol. The summed E-state index contributed by atoms with van der Waals surface area (Å²) in [5.74, 6) is 0.0473. The first-order valence-corrected chi connectivity index (χ1v) is 3.82. The van der Waals surface area contributed by atoms with Crippen molar-refractivity contribution in [1.29, 1.82) is 0 Å². The first kappa shape index (κ1) is 10.7. The molecule has 0 rings (SSSR count). The van der Waals surface area contributed by atoms with Gasteiger partial charge in [0, 0.05) is 13.5 Å². The molecule has 0 heterocycles. The molecule has 0 aliphatic heterocycles. The zero-order valence-corrected chi connectivity index (χ0v) is 7.45. The summed E-state index contributed by atoms with van der Waals surface area (Å²) in [7, 11) is 1.62. The molecule has 0 atom stereocenters. The molecule has 0 fully saturated rings. The zero-order valence-electron chi connectivity index (χ0n) is 7.45. The van der Waals surface area contributed by atoms with Gasteiger partial charge in [-0.15, -0.1) is 0 Å². The number of carbonyl (C=O) groups excluding carboxylic acids is 1. The molecule has 0 saturated heterocycles. The lowest BCUT2D eigenvalue weighted by atomic mass is 10.3. The molecule has 12 heavy (non-hydrogen) atoms. The Kier molecular flexibility index (Phi) is 4.83. The summed E-state index contributed by atoms with van der Waals surface area (Å²) in [6, 6.07) is 0. The first-order valence-electron chi connectivity index (χ1n) is 3.82. The zero-order chi connectivity index (χ0) is 9.56. The SMILES string of the molecule is CCCC(=O)N(C)CC(N)=NO. The monoisotopic (exact) mass is 173 g/mol. The average Bonchev–Trinajstić information content (AvgIpc) is 2.04. The van der Waals surface area contributed by atoms with Crippen molar-refractivity contribution in [2.45, 2.75) is 19.8 Å². The molecular weight excluding hydrogens is 158 g/mol. The first-order chi connectivity index (χ1) is 5.61. The van der Waals surface area contributed by atoms with Gasteiger partial charge in [0.15, 0.2) is 5.84 Å². The fraction of sp³-hybridized carbons (Fsp3) is 0.714. The Morgan fingerprint density at radius 1 is 1.67 bits per heavy atom. The molecule has 5 heteroatoms. The summed E-state index contributed by atoms with van der Waals surface area (Å²) < 4.78 is 0. The number of amidine groups is 1. The van der Waals surface area contributed by atoms with E-state index in [1.807, 2.05) is 6.92 Å². The average molecular weight is 173 g/mol. The summed E-state index contributed by atoms with van der Waals surface area (Å²) in [5.41, 5.74) is 5.21. The number of likely N-dealkylation sites (N-methyl/N-ethyl adjacent to an activating group) is 1. The molecule has 0 aromatic rings. The van der Waals surface area contributed by atoms with E-state index < -0.39 is 0 Å². The highest BCUT2D eigenvalue weighted by Gasteiger charge is 2.08. The molecule has 70 valence electrons. The Morgan fingerprint density at radius 2 is 2.25 bits per heavy atom. The summed E-state index contributed by atoms with van der Waals surface area (Å²) in [5, 5.41) is 11.0. The minimum Gasteiger partial charge on any atom is -0.409 e. The van der Waals surface area contributed by atoms with Gasteiger partial charge in [-0.25, -0.2) is 0 Å². The van der Waals surface area contributed by atoms with Crippen LogP contribution in [-0.2, 0) is 4.79 Å². The Bertz CT molecular complexity index is 179. The van der Waals surface area contributed by atoms with Crippen molar-refractivity contribution in [3.8, 4) is 0 Å². The summed E-state index contributed by atoms with van der Waals surface area (Å²) in [6.45, 7) is 2.10. The summed E-state index contributed by atoms with van der Waals surface area (Å²) in [6.07, 6.45) is 1.30. The van der Waals surface area contributed by atoms with Crippen LogP contribution in [0.2, 0.25) is 0 Å². The molecule has 0 aromatic carbocycles. The summed E-state index contributed by atoms with van der Waals surface area (Å²) in [4.78, 5) is 12.6. The number of rotatable bonds is 4. The second kappa shape index (κ2) is 5.40. The number of carbonyl (C=O) groups is 1. The van der Waals surface area contributed by atoms with Crippen LogP contribution in [0.15, 0.2) is 5.16 Å². The lowest BCUT2D eigenvalue weighted by Crippen LogP contribution is -2.35. The molecule has 0 aliphatic rings. The molecule has 0 saturated carbocycles. The molecule has 5 nitrogen and oxygen atoms in total. The van der Waals surface area contributed by atoms with Crippen molar-refractivity contribution in [3.63, 3.8) is 0 Å². The largest absolute Gasteiger partial charge is 0.409 e. The molecular formula is C7H15N3O2. The molecule has 1 amide bonds. The number of nitrogens with zero attached hydrogens (tertiary/aromatic N) is 2. The van der Waals surface area contributed by atoms with Crippen LogP contribution in [-0.4, -0.2) is 35.4 Å². The van der Waals surface area contributed by atoms with Crippen molar-refractivity contribution in [3.05, 3.63) is 0 Å². The predicted octanol–water partition coefficient (Wildman–Crippen LogP) is -0.00870. The Balaban J connectivity index is 3.86. The van der Waals surface area contributed by atoms with E-state index in [1.165, 1.54) is 4.90 Å². The number of hydrogen-bond donors (Lipinski definition) is 2. The fourth-order valence-corrected chi connectivity index (χ4v) is 0.768. The van der Waals surface area contributed by atoms with Crippen LogP contribution >= 0.6 is 0 Å². The van der Waals surface area contributed by atoms with Crippen LogP contribution in [0.3, 0.4) is 0 Å². The van der Waals surface area contributed by atoms with Gasteiger partial charge in [-0.3, -0.25) is 4.79 Å². The third-order valence-electron chi connectivity index (χ3n) is 1.42. The van der Waals surface area contributed by atoms with Crippen molar-refractivity contribution < 1.29 is 10.0 Å². The van der Waals surface area contributed by atoms with E-state index in [0.29, 0.717) is 6.42 Å². The fourth-order valence-electron chi connectivity index (χ4n) is 0.768. The third kappa shape index (κ3) is 3.80. The Morgan fingerprint density at radius 3 is 2.67 bits per heavy atom. The molecule has 0 spiro atoms. The molecule has 0 aliphatic carbocycles. The van der Waals surface area contributed by atoms with E-state index >= 15 is 0 Å². The van der Waals surface area contributed by atoms with Crippen molar-refractivity contribution in [2.75, 3.05) is 13.6 Å². The smallest absolute Gasteiger partial charge is 0.222 e. The minimum atomic E-state index is 0.00380. The van der Waals surface area contributed by atoms with Crippen LogP contribution in [0.5, 0.6) is 0 Å². The van der Waals surface area contributed by atoms with Gasteiger partial charge in [0.05, 0.1) is 6.54 Å². The second-order valence-electron chi connectivity index (χ2n) is 2.59. The number of nitrogens with two attached hydrogens (primary N) is 1. The van der Waals surface area contributed by atoms with Crippen molar-refractivity contribution >= 4 is 11.7 Å². The van der Waals surface area contributed by atoms with Gasteiger partial charge in [-0.05, 0) is 6.42 Å². The van der Waals surface area contributed by atoms with Crippen LogP contribution in [0.25, 0.3) is 0 Å². The Labute approximate surface area is 71.8 Å². The van der Waals surface area contributed by atoms with Crippen LogP contribution in [0.1, 0.15) is 19.8 Å². The Hall–Kier alpha value is -1.26. The van der Waals surface area contributed by atoms with Gasteiger partial charge < -0.3 is 15.8 Å². The van der Waals surface area contributed by atoms with E-state index in [1.54, 1.807) is 7.05 Å². The quantitative estimate of drug-likeness (QED) is 0.271.